The number of esters is 1. The summed E-state index contributed by atoms with van der Waals surface area (Å²) in [4.78, 5) is 27.0. The molecule has 0 unspecified atom stereocenters. The fourth-order valence-electron chi connectivity index (χ4n) is 1.86. The first-order valence-electron chi connectivity index (χ1n) is 6.31. The van der Waals surface area contributed by atoms with Gasteiger partial charge in [-0.25, -0.2) is 22.9 Å². The average Bonchev–Trinajstić information content (AvgIpc) is 2.85. The van der Waals surface area contributed by atoms with E-state index in [1.54, 1.807) is 0 Å². The van der Waals surface area contributed by atoms with Crippen LogP contribution in [-0.2, 0) is 14.8 Å². The zero-order valence-corrected chi connectivity index (χ0v) is 13.3. The van der Waals surface area contributed by atoms with Gasteiger partial charge in [0, 0.05) is 0 Å². The summed E-state index contributed by atoms with van der Waals surface area (Å²) >= 11 is 0. The van der Waals surface area contributed by atoms with Crippen molar-refractivity contribution >= 4 is 21.9 Å². The number of carbonyl (C=O) groups is 2. The predicted octanol–water partition coefficient (Wildman–Crippen LogP) is 0.592. The number of nitrogens with zero attached hydrogens (tertiary/aromatic N) is 2. The van der Waals surface area contributed by atoms with E-state index in [9.17, 15) is 18.0 Å². The standard InChI is InChI=1S/C13H13N3O6S/c1-7-11(8(2)22-15-7)23(19,20)16-12(17)9-5-4-6-10(14-9)13(18)21-3/h4-6H,1-3H3,(H,16,17). The second-order valence-corrected chi connectivity index (χ2v) is 6.11. The van der Waals surface area contributed by atoms with Gasteiger partial charge in [0.15, 0.2) is 10.7 Å². The number of methoxy groups -OCH3 is 1. The van der Waals surface area contributed by atoms with Crippen molar-refractivity contribution in [2.24, 2.45) is 0 Å². The molecule has 0 bridgehead atoms. The quantitative estimate of drug-likeness (QED) is 0.801. The molecule has 0 radical (unpaired) electrons. The van der Waals surface area contributed by atoms with Crippen LogP contribution in [0.25, 0.3) is 0 Å². The van der Waals surface area contributed by atoms with Gasteiger partial charge in [0.2, 0.25) is 0 Å². The molecule has 2 aromatic heterocycles. The number of amides is 1. The number of hydrogen-bond donors (Lipinski definition) is 1. The molecule has 0 saturated heterocycles. The minimum absolute atomic E-state index is 0.0547. The van der Waals surface area contributed by atoms with E-state index in [0.29, 0.717) is 0 Å². The molecule has 0 aliphatic carbocycles. The van der Waals surface area contributed by atoms with Gasteiger partial charge in [-0.1, -0.05) is 11.2 Å². The lowest BCUT2D eigenvalue weighted by atomic mass is 10.3. The Morgan fingerprint density at radius 1 is 1.22 bits per heavy atom. The summed E-state index contributed by atoms with van der Waals surface area (Å²) in [6.45, 7) is 2.85. The molecule has 9 nitrogen and oxygen atoms in total. The van der Waals surface area contributed by atoms with Gasteiger partial charge in [0.1, 0.15) is 17.1 Å². The monoisotopic (exact) mass is 339 g/mol. The summed E-state index contributed by atoms with van der Waals surface area (Å²) in [5.41, 5.74) is -0.239. The van der Waals surface area contributed by atoms with Crippen molar-refractivity contribution in [1.29, 1.82) is 0 Å². The van der Waals surface area contributed by atoms with Crippen molar-refractivity contribution in [2.75, 3.05) is 7.11 Å². The lowest BCUT2D eigenvalue weighted by Crippen LogP contribution is -2.32. The van der Waals surface area contributed by atoms with Gasteiger partial charge < -0.3 is 9.26 Å². The lowest BCUT2D eigenvalue weighted by molar-refractivity contribution is 0.0594. The van der Waals surface area contributed by atoms with Crippen LogP contribution in [0.15, 0.2) is 27.6 Å². The lowest BCUT2D eigenvalue weighted by Gasteiger charge is -2.06. The highest BCUT2D eigenvalue weighted by Gasteiger charge is 2.27. The number of nitrogens with one attached hydrogen (secondary N) is 1. The number of aryl methyl sites for hydroxylation is 2. The molecule has 2 rings (SSSR count). The van der Waals surface area contributed by atoms with Crippen LogP contribution in [0, 0.1) is 13.8 Å². The Kier molecular flexibility index (Phi) is 4.45. The van der Waals surface area contributed by atoms with E-state index in [4.69, 9.17) is 4.52 Å². The predicted molar refractivity (Wildman–Crippen MR) is 76.2 cm³/mol. The average molecular weight is 339 g/mol. The van der Waals surface area contributed by atoms with Crippen molar-refractivity contribution in [2.45, 2.75) is 18.7 Å². The van der Waals surface area contributed by atoms with E-state index in [0.717, 1.165) is 0 Å². The third-order valence-electron chi connectivity index (χ3n) is 2.84. The fraction of sp³-hybridized carbons (Fsp3) is 0.231. The molecule has 2 aromatic rings. The van der Waals surface area contributed by atoms with Crippen LogP contribution in [-0.4, -0.2) is 37.5 Å². The van der Waals surface area contributed by atoms with Gasteiger partial charge in [-0.15, -0.1) is 0 Å². The summed E-state index contributed by atoms with van der Waals surface area (Å²) < 4.78 is 35.6. The van der Waals surface area contributed by atoms with Crippen LogP contribution in [0.2, 0.25) is 0 Å². The molecule has 23 heavy (non-hydrogen) atoms. The molecule has 0 spiro atoms. The van der Waals surface area contributed by atoms with E-state index < -0.39 is 21.9 Å². The highest BCUT2D eigenvalue weighted by atomic mass is 32.2. The normalized spacial score (nSPS) is 11.1. The second-order valence-electron chi connectivity index (χ2n) is 4.49. The number of pyridine rings is 1. The summed E-state index contributed by atoms with van der Waals surface area (Å²) in [7, 11) is -3.01. The minimum Gasteiger partial charge on any atom is -0.464 e. The van der Waals surface area contributed by atoms with Crippen LogP contribution >= 0.6 is 0 Å². The Labute approximate surface area is 131 Å². The number of hydrogen-bond acceptors (Lipinski definition) is 8. The summed E-state index contributed by atoms with van der Waals surface area (Å²) in [5, 5.41) is 3.53. The van der Waals surface area contributed by atoms with Crippen LogP contribution in [0.1, 0.15) is 32.4 Å². The molecule has 0 fully saturated rings. The van der Waals surface area contributed by atoms with Crippen molar-refractivity contribution in [3.05, 3.63) is 41.0 Å². The highest BCUT2D eigenvalue weighted by Crippen LogP contribution is 2.18. The van der Waals surface area contributed by atoms with Gasteiger partial charge in [-0.05, 0) is 26.0 Å². The smallest absolute Gasteiger partial charge is 0.356 e. The fourth-order valence-corrected chi connectivity index (χ4v) is 3.16. The SMILES string of the molecule is COC(=O)c1cccc(C(=O)NS(=O)(=O)c2c(C)noc2C)n1. The molecule has 0 aliphatic heterocycles. The molecule has 1 N–H and O–H groups in total. The summed E-state index contributed by atoms with van der Waals surface area (Å²) in [6.07, 6.45) is 0. The first-order chi connectivity index (χ1) is 10.8. The molecule has 0 atom stereocenters. The number of rotatable bonds is 4. The van der Waals surface area contributed by atoms with Gasteiger partial charge in [0.25, 0.3) is 15.9 Å². The Bertz CT molecular complexity index is 852. The van der Waals surface area contributed by atoms with E-state index in [2.05, 4.69) is 14.9 Å². The first kappa shape index (κ1) is 16.6. The van der Waals surface area contributed by atoms with Crippen molar-refractivity contribution < 1.29 is 27.3 Å². The molecular formula is C13H13N3O6S. The Morgan fingerprint density at radius 3 is 2.43 bits per heavy atom. The zero-order valence-electron chi connectivity index (χ0n) is 12.5. The Morgan fingerprint density at radius 2 is 1.87 bits per heavy atom. The van der Waals surface area contributed by atoms with Gasteiger partial charge in [-0.3, -0.25) is 4.79 Å². The van der Waals surface area contributed by atoms with Gasteiger partial charge in [-0.2, -0.15) is 0 Å². The van der Waals surface area contributed by atoms with E-state index >= 15 is 0 Å². The first-order valence-corrected chi connectivity index (χ1v) is 7.80. The van der Waals surface area contributed by atoms with Crippen molar-refractivity contribution in [1.82, 2.24) is 14.9 Å². The van der Waals surface area contributed by atoms with Crippen LogP contribution < -0.4 is 4.72 Å². The molecule has 122 valence electrons. The van der Waals surface area contributed by atoms with E-state index in [-0.39, 0.29) is 27.7 Å². The molecule has 0 saturated carbocycles. The van der Waals surface area contributed by atoms with Crippen LogP contribution in [0.5, 0.6) is 0 Å². The topological polar surface area (TPSA) is 128 Å². The van der Waals surface area contributed by atoms with Gasteiger partial charge >= 0.3 is 5.97 Å². The third-order valence-corrected chi connectivity index (χ3v) is 4.41. The summed E-state index contributed by atoms with van der Waals surface area (Å²) in [6, 6.07) is 3.99. The molecule has 1 amide bonds. The van der Waals surface area contributed by atoms with Crippen molar-refractivity contribution in [3.63, 3.8) is 0 Å². The molecule has 0 aliphatic rings. The molecular weight excluding hydrogens is 326 g/mol. The van der Waals surface area contributed by atoms with Crippen molar-refractivity contribution in [3.8, 4) is 0 Å². The third kappa shape index (κ3) is 3.37. The van der Waals surface area contributed by atoms with E-state index in [1.165, 1.54) is 39.2 Å². The number of carbonyl (C=O) groups excluding carboxylic acids is 2. The maximum atomic E-state index is 12.2. The van der Waals surface area contributed by atoms with E-state index in [1.807, 2.05) is 4.72 Å². The van der Waals surface area contributed by atoms with Crippen LogP contribution in [0.4, 0.5) is 0 Å². The number of sulfonamides is 1. The maximum absolute atomic E-state index is 12.2. The number of ether oxygens (including phenoxy) is 1. The highest BCUT2D eigenvalue weighted by molar-refractivity contribution is 7.90. The molecule has 0 aromatic carbocycles. The minimum atomic E-state index is -4.18. The number of aromatic nitrogens is 2. The zero-order chi connectivity index (χ0) is 17.2. The summed E-state index contributed by atoms with van der Waals surface area (Å²) in [5.74, 6) is -1.68. The maximum Gasteiger partial charge on any atom is 0.356 e. The van der Waals surface area contributed by atoms with Crippen LogP contribution in [0.3, 0.4) is 0 Å². The molecule has 10 heteroatoms. The Balaban J connectivity index is 2.31. The molecule has 2 heterocycles. The second kappa shape index (κ2) is 6.16. The largest absolute Gasteiger partial charge is 0.464 e. The Hall–Kier alpha value is -2.75. The van der Waals surface area contributed by atoms with Gasteiger partial charge in [0.05, 0.1) is 7.11 Å².